The summed E-state index contributed by atoms with van der Waals surface area (Å²) in [5, 5.41) is 9.50. The third-order valence-corrected chi connectivity index (χ3v) is 7.09. The fraction of sp³-hybridized carbons (Fsp3) is 0.500. The first-order valence-electron chi connectivity index (χ1n) is 10.4. The van der Waals surface area contributed by atoms with E-state index in [-0.39, 0.29) is 5.91 Å². The number of benzene rings is 1. The number of methoxy groups -OCH3 is 1. The van der Waals surface area contributed by atoms with Gasteiger partial charge in [0, 0.05) is 37.0 Å². The summed E-state index contributed by atoms with van der Waals surface area (Å²) in [6.07, 6.45) is 5.19. The molecule has 0 spiro atoms. The molecule has 0 radical (unpaired) electrons. The van der Waals surface area contributed by atoms with Crippen molar-refractivity contribution in [3.05, 3.63) is 36.4 Å². The lowest BCUT2D eigenvalue weighted by Gasteiger charge is -2.35. The number of carbonyl (C=O) groups is 1. The molecule has 1 aliphatic heterocycles. The van der Waals surface area contributed by atoms with Crippen molar-refractivity contribution in [3.8, 4) is 17.0 Å². The molecule has 2 heterocycles. The standard InChI is InChI=1S/C22H28N4O2S/c1-28-18-8-6-17(7-9-18)20-10-11-21(24-23-20)25-12-14-26(15-13-25)22(27)16-29-19-4-2-3-5-19/h6-11,19H,2-5,12-16H2,1H3. The van der Waals surface area contributed by atoms with Crippen molar-refractivity contribution in [2.45, 2.75) is 30.9 Å². The van der Waals surface area contributed by atoms with Gasteiger partial charge in [-0.25, -0.2) is 0 Å². The van der Waals surface area contributed by atoms with Crippen molar-refractivity contribution in [2.75, 3.05) is 43.9 Å². The van der Waals surface area contributed by atoms with E-state index in [1.54, 1.807) is 7.11 Å². The molecule has 4 rings (SSSR count). The van der Waals surface area contributed by atoms with Crippen molar-refractivity contribution in [3.63, 3.8) is 0 Å². The predicted molar refractivity (Wildman–Crippen MR) is 118 cm³/mol. The molecular weight excluding hydrogens is 384 g/mol. The minimum absolute atomic E-state index is 0.280. The molecule has 1 saturated carbocycles. The number of hydrogen-bond acceptors (Lipinski definition) is 6. The molecule has 1 aromatic heterocycles. The van der Waals surface area contributed by atoms with E-state index >= 15 is 0 Å². The lowest BCUT2D eigenvalue weighted by atomic mass is 10.1. The van der Waals surface area contributed by atoms with Gasteiger partial charge in [0.2, 0.25) is 5.91 Å². The van der Waals surface area contributed by atoms with Crippen LogP contribution in [0.3, 0.4) is 0 Å². The topological polar surface area (TPSA) is 58.6 Å². The maximum absolute atomic E-state index is 12.5. The molecule has 2 fully saturated rings. The zero-order valence-corrected chi connectivity index (χ0v) is 17.7. The lowest BCUT2D eigenvalue weighted by Crippen LogP contribution is -2.49. The number of rotatable bonds is 6. The van der Waals surface area contributed by atoms with Gasteiger partial charge in [-0.05, 0) is 49.2 Å². The van der Waals surface area contributed by atoms with Crippen molar-refractivity contribution in [1.82, 2.24) is 15.1 Å². The van der Waals surface area contributed by atoms with Crippen molar-refractivity contribution < 1.29 is 9.53 Å². The summed E-state index contributed by atoms with van der Waals surface area (Å²) in [6.45, 7) is 3.12. The minimum atomic E-state index is 0.280. The van der Waals surface area contributed by atoms with Crippen LogP contribution in [0.5, 0.6) is 5.75 Å². The molecule has 7 heteroatoms. The Balaban J connectivity index is 1.28. The molecule has 1 amide bonds. The van der Waals surface area contributed by atoms with Gasteiger partial charge in [0.25, 0.3) is 0 Å². The number of aromatic nitrogens is 2. The average Bonchev–Trinajstić information content (AvgIpc) is 3.31. The summed E-state index contributed by atoms with van der Waals surface area (Å²) in [6, 6.07) is 11.8. The second-order valence-electron chi connectivity index (χ2n) is 7.59. The Bertz CT molecular complexity index is 799. The van der Waals surface area contributed by atoms with Crippen molar-refractivity contribution in [1.29, 1.82) is 0 Å². The third kappa shape index (κ3) is 5.01. The number of hydrogen-bond donors (Lipinski definition) is 0. The fourth-order valence-electron chi connectivity index (χ4n) is 3.93. The largest absolute Gasteiger partial charge is 0.497 e. The Kier molecular flexibility index (Phi) is 6.54. The van der Waals surface area contributed by atoms with Crippen LogP contribution in [0.25, 0.3) is 11.3 Å². The second-order valence-corrected chi connectivity index (χ2v) is 8.88. The molecule has 0 N–H and O–H groups in total. The Morgan fingerprint density at radius 1 is 1.03 bits per heavy atom. The normalized spacial score (nSPS) is 17.6. The lowest BCUT2D eigenvalue weighted by molar-refractivity contribution is -0.128. The highest BCUT2D eigenvalue weighted by Crippen LogP contribution is 2.29. The van der Waals surface area contributed by atoms with Crippen LogP contribution in [0.2, 0.25) is 0 Å². The van der Waals surface area contributed by atoms with Gasteiger partial charge in [0.15, 0.2) is 5.82 Å². The van der Waals surface area contributed by atoms with Crippen LogP contribution in [-0.2, 0) is 4.79 Å². The third-order valence-electron chi connectivity index (χ3n) is 5.74. The van der Waals surface area contributed by atoms with E-state index < -0.39 is 0 Å². The van der Waals surface area contributed by atoms with E-state index in [1.165, 1.54) is 25.7 Å². The summed E-state index contributed by atoms with van der Waals surface area (Å²) < 4.78 is 5.20. The second kappa shape index (κ2) is 9.48. The highest BCUT2D eigenvalue weighted by Gasteiger charge is 2.24. The molecule has 2 aliphatic rings. The molecule has 29 heavy (non-hydrogen) atoms. The number of ether oxygens (including phenoxy) is 1. The van der Waals surface area contributed by atoms with Crippen LogP contribution in [0, 0.1) is 0 Å². The quantitative estimate of drug-likeness (QED) is 0.724. The molecule has 6 nitrogen and oxygen atoms in total. The maximum atomic E-state index is 12.5. The van der Waals surface area contributed by atoms with E-state index in [2.05, 4.69) is 15.1 Å². The molecular formula is C22H28N4O2S. The first-order chi connectivity index (χ1) is 14.2. The first-order valence-corrected chi connectivity index (χ1v) is 11.4. The Morgan fingerprint density at radius 2 is 1.76 bits per heavy atom. The molecule has 0 atom stereocenters. The van der Waals surface area contributed by atoms with Gasteiger partial charge in [0.05, 0.1) is 18.6 Å². The first kappa shape index (κ1) is 20.0. The number of carbonyl (C=O) groups excluding carboxylic acids is 1. The number of amides is 1. The molecule has 0 unspecified atom stereocenters. The SMILES string of the molecule is COc1ccc(-c2ccc(N3CCN(C(=O)CSC4CCCC4)CC3)nn2)cc1. The molecule has 1 saturated heterocycles. The monoisotopic (exact) mass is 412 g/mol. The number of nitrogens with zero attached hydrogens (tertiary/aromatic N) is 4. The van der Waals surface area contributed by atoms with Gasteiger partial charge in [0.1, 0.15) is 5.75 Å². The highest BCUT2D eigenvalue weighted by atomic mass is 32.2. The average molecular weight is 413 g/mol. The maximum Gasteiger partial charge on any atom is 0.232 e. The Morgan fingerprint density at radius 3 is 2.38 bits per heavy atom. The van der Waals surface area contributed by atoms with Gasteiger partial charge in [-0.3, -0.25) is 4.79 Å². The molecule has 2 aromatic rings. The molecule has 1 aromatic carbocycles. The van der Waals surface area contributed by atoms with Gasteiger partial charge in [-0.1, -0.05) is 12.8 Å². The summed E-state index contributed by atoms with van der Waals surface area (Å²) in [4.78, 5) is 16.7. The fourth-order valence-corrected chi connectivity index (χ4v) is 5.16. The van der Waals surface area contributed by atoms with E-state index in [0.717, 1.165) is 49.0 Å². The Hall–Kier alpha value is -2.28. The molecule has 1 aliphatic carbocycles. The zero-order chi connectivity index (χ0) is 20.1. The van der Waals surface area contributed by atoms with E-state index in [0.29, 0.717) is 11.0 Å². The minimum Gasteiger partial charge on any atom is -0.497 e. The van der Waals surface area contributed by atoms with Crippen molar-refractivity contribution >= 4 is 23.5 Å². The number of piperazine rings is 1. The van der Waals surface area contributed by atoms with Crippen LogP contribution in [0.15, 0.2) is 36.4 Å². The van der Waals surface area contributed by atoms with Crippen LogP contribution >= 0.6 is 11.8 Å². The smallest absolute Gasteiger partial charge is 0.232 e. The highest BCUT2D eigenvalue weighted by molar-refractivity contribution is 8.00. The van der Waals surface area contributed by atoms with Crippen LogP contribution < -0.4 is 9.64 Å². The summed E-state index contributed by atoms with van der Waals surface area (Å²) in [5.41, 5.74) is 1.86. The predicted octanol–water partition coefficient (Wildman–Crippen LogP) is 3.48. The summed E-state index contributed by atoms with van der Waals surface area (Å²) in [5.74, 6) is 2.60. The van der Waals surface area contributed by atoms with Crippen LogP contribution in [0.1, 0.15) is 25.7 Å². The molecule has 154 valence electrons. The summed E-state index contributed by atoms with van der Waals surface area (Å²) >= 11 is 1.85. The van der Waals surface area contributed by atoms with Gasteiger partial charge >= 0.3 is 0 Å². The van der Waals surface area contributed by atoms with E-state index in [1.807, 2.05) is 53.1 Å². The van der Waals surface area contributed by atoms with Gasteiger partial charge in [-0.2, -0.15) is 0 Å². The van der Waals surface area contributed by atoms with Gasteiger partial charge in [-0.15, -0.1) is 22.0 Å². The molecule has 0 bridgehead atoms. The van der Waals surface area contributed by atoms with E-state index in [4.69, 9.17) is 4.74 Å². The number of thioether (sulfide) groups is 1. The zero-order valence-electron chi connectivity index (χ0n) is 16.9. The van der Waals surface area contributed by atoms with Crippen molar-refractivity contribution in [2.24, 2.45) is 0 Å². The Labute approximate surface area is 176 Å². The van der Waals surface area contributed by atoms with Crippen LogP contribution in [-0.4, -0.2) is 65.3 Å². The number of anilines is 1. The van der Waals surface area contributed by atoms with E-state index in [9.17, 15) is 4.79 Å². The van der Waals surface area contributed by atoms with Crippen LogP contribution in [0.4, 0.5) is 5.82 Å². The summed E-state index contributed by atoms with van der Waals surface area (Å²) in [7, 11) is 1.66. The van der Waals surface area contributed by atoms with Gasteiger partial charge < -0.3 is 14.5 Å².